The molecule has 1 fully saturated rings. The third kappa shape index (κ3) is 3.83. The molecule has 1 aromatic carbocycles. The summed E-state index contributed by atoms with van der Waals surface area (Å²) in [5.41, 5.74) is 1.31. The van der Waals surface area contributed by atoms with E-state index >= 15 is 0 Å². The number of rotatable bonds is 6. The third-order valence-electron chi connectivity index (χ3n) is 7.15. The van der Waals surface area contributed by atoms with Crippen molar-refractivity contribution < 1.29 is 33.7 Å². The summed E-state index contributed by atoms with van der Waals surface area (Å²) in [6.45, 7) is 5.57. The Bertz CT molecular complexity index is 1260. The Morgan fingerprint density at radius 2 is 2.00 bits per heavy atom. The Morgan fingerprint density at radius 3 is 2.63 bits per heavy atom. The maximum atomic E-state index is 12.9. The molecule has 10 nitrogen and oxygen atoms in total. The van der Waals surface area contributed by atoms with Crippen LogP contribution in [0.25, 0.3) is 21.8 Å². The van der Waals surface area contributed by atoms with Crippen molar-refractivity contribution in [3.63, 3.8) is 0 Å². The zero-order chi connectivity index (χ0) is 25.5. The first kappa shape index (κ1) is 25.2. The van der Waals surface area contributed by atoms with E-state index < -0.39 is 42.2 Å². The number of aromatic nitrogens is 2. The second kappa shape index (κ2) is 9.65. The topological polar surface area (TPSA) is 114 Å². The number of pyridine rings is 1. The number of hydrogen-bond acceptors (Lipinski definition) is 9. The van der Waals surface area contributed by atoms with E-state index in [2.05, 4.69) is 10.0 Å². The van der Waals surface area contributed by atoms with Gasteiger partial charge in [-0.05, 0) is 6.92 Å². The number of benzene rings is 1. The number of aliphatic hydroxyl groups excluding tert-OH is 1. The van der Waals surface area contributed by atoms with Crippen LogP contribution in [-0.4, -0.2) is 74.3 Å². The minimum absolute atomic E-state index is 0.277. The van der Waals surface area contributed by atoms with Gasteiger partial charge in [0.1, 0.15) is 0 Å². The second-order valence-electron chi connectivity index (χ2n) is 8.90. The zero-order valence-corrected chi connectivity index (χ0v) is 20.6. The van der Waals surface area contributed by atoms with Crippen LogP contribution >= 0.6 is 0 Å². The van der Waals surface area contributed by atoms with Crippen molar-refractivity contribution in [2.75, 3.05) is 21.3 Å². The summed E-state index contributed by atoms with van der Waals surface area (Å²) in [5, 5.41) is 16.8. The fourth-order valence-corrected chi connectivity index (χ4v) is 5.18. The SMILES string of the molecule is [B]=NOC1OC(C)C(C)(C(O)c2nccc3c4cc(C)ccc4n(C(=O)OC)c23)C(OC)C1OC. The van der Waals surface area contributed by atoms with E-state index in [1.54, 1.807) is 13.1 Å². The maximum absolute atomic E-state index is 12.9. The fraction of sp³-hybridized carbons (Fsp3) is 0.500. The number of carbonyl (C=O) groups is 1. The number of aryl methyl sites for hydroxylation is 1. The fourth-order valence-electron chi connectivity index (χ4n) is 5.18. The van der Waals surface area contributed by atoms with Gasteiger partial charge in [-0.3, -0.25) is 0 Å². The van der Waals surface area contributed by atoms with Crippen LogP contribution in [0.1, 0.15) is 31.2 Å². The van der Waals surface area contributed by atoms with Gasteiger partial charge in [-0.2, -0.15) is 0 Å². The quantitative estimate of drug-likeness (QED) is 0.421. The number of hydrogen-bond donors (Lipinski definition) is 1. The summed E-state index contributed by atoms with van der Waals surface area (Å²) in [5.74, 6) is 0. The van der Waals surface area contributed by atoms with Gasteiger partial charge in [0.05, 0.1) is 7.11 Å². The van der Waals surface area contributed by atoms with E-state index in [1.165, 1.54) is 25.9 Å². The van der Waals surface area contributed by atoms with E-state index in [9.17, 15) is 9.90 Å². The van der Waals surface area contributed by atoms with Crippen LogP contribution in [0.15, 0.2) is 35.5 Å². The van der Waals surface area contributed by atoms with Gasteiger partial charge in [-0.25, -0.2) is 0 Å². The normalized spacial score (nSPS) is 27.6. The molecular weight excluding hydrogens is 453 g/mol. The van der Waals surface area contributed by atoms with E-state index in [0.29, 0.717) is 11.0 Å². The summed E-state index contributed by atoms with van der Waals surface area (Å²) >= 11 is 0. The van der Waals surface area contributed by atoms with Crippen molar-refractivity contribution in [1.29, 1.82) is 0 Å². The van der Waals surface area contributed by atoms with Crippen LogP contribution in [0.3, 0.4) is 0 Å². The molecule has 1 N–H and O–H groups in total. The monoisotopic (exact) mass is 482 g/mol. The number of aliphatic hydroxyl groups is 1. The summed E-state index contributed by atoms with van der Waals surface area (Å²) in [7, 11) is 9.52. The summed E-state index contributed by atoms with van der Waals surface area (Å²) in [6, 6.07) is 7.56. The van der Waals surface area contributed by atoms with Gasteiger partial charge >= 0.3 is 178 Å². The van der Waals surface area contributed by atoms with Crippen molar-refractivity contribution in [2.45, 2.75) is 51.5 Å². The predicted molar refractivity (Wildman–Crippen MR) is 128 cm³/mol. The molecule has 6 unspecified atom stereocenters. The molecule has 0 amide bonds. The third-order valence-corrected chi connectivity index (χ3v) is 7.15. The Hall–Kier alpha value is -2.86. The number of fused-ring (bicyclic) bond motifs is 3. The Kier molecular flexibility index (Phi) is 6.96. The molecule has 1 aliphatic rings. The van der Waals surface area contributed by atoms with Crippen molar-refractivity contribution >= 4 is 35.5 Å². The zero-order valence-electron chi connectivity index (χ0n) is 20.6. The molecule has 1 aliphatic heterocycles. The molecule has 4 rings (SSSR count). The number of nitrogens with zero attached hydrogens (tertiary/aromatic N) is 3. The molecule has 0 bridgehead atoms. The Morgan fingerprint density at radius 1 is 1.26 bits per heavy atom. The molecule has 11 heteroatoms. The molecule has 35 heavy (non-hydrogen) atoms. The van der Waals surface area contributed by atoms with Gasteiger partial charge in [0, 0.05) is 0 Å². The molecule has 1 radical (unpaired) electrons. The van der Waals surface area contributed by atoms with E-state index in [4.69, 9.17) is 31.4 Å². The first-order chi connectivity index (χ1) is 16.7. The second-order valence-corrected chi connectivity index (χ2v) is 8.90. The average Bonchev–Trinajstić information content (AvgIpc) is 3.18. The molecule has 185 valence electrons. The standard InChI is InChI=1S/C24H29BN3O7/c1-12-7-8-16-15(11-12)14-9-10-26-17(18(14)28(16)23(30)33-6)20(29)24(3)13(2)34-22(35-27-25)19(31-4)21(24)32-5/h7-11,13,19-22,29H,1-6H3. The number of carbonyl (C=O) groups excluding carboxylic acids is 1. The van der Waals surface area contributed by atoms with Crippen molar-refractivity contribution in [3.05, 3.63) is 41.7 Å². The van der Waals surface area contributed by atoms with Crippen LogP contribution in [-0.2, 0) is 23.8 Å². The van der Waals surface area contributed by atoms with Crippen LogP contribution < -0.4 is 0 Å². The van der Waals surface area contributed by atoms with Crippen LogP contribution in [0.4, 0.5) is 4.79 Å². The van der Waals surface area contributed by atoms with Gasteiger partial charge in [-0.1, -0.05) is 11.6 Å². The van der Waals surface area contributed by atoms with Gasteiger partial charge < -0.3 is 0 Å². The molecule has 1 saturated heterocycles. The Labute approximate surface area is 204 Å². The first-order valence-corrected chi connectivity index (χ1v) is 11.2. The van der Waals surface area contributed by atoms with Crippen LogP contribution in [0.5, 0.6) is 0 Å². The van der Waals surface area contributed by atoms with Gasteiger partial charge in [0.15, 0.2) is 0 Å². The van der Waals surface area contributed by atoms with Gasteiger partial charge in [0.2, 0.25) is 0 Å². The van der Waals surface area contributed by atoms with Gasteiger partial charge in [0.25, 0.3) is 0 Å². The van der Waals surface area contributed by atoms with Crippen molar-refractivity contribution in [1.82, 2.24) is 9.55 Å². The average molecular weight is 482 g/mol. The molecule has 3 aromatic rings. The van der Waals surface area contributed by atoms with Crippen LogP contribution in [0.2, 0.25) is 0 Å². The number of methoxy groups -OCH3 is 3. The molecule has 0 saturated carbocycles. The number of ether oxygens (including phenoxy) is 4. The van der Waals surface area contributed by atoms with E-state index in [1.807, 2.05) is 38.1 Å². The van der Waals surface area contributed by atoms with E-state index in [0.717, 1.165) is 16.3 Å². The summed E-state index contributed by atoms with van der Waals surface area (Å²) in [6.07, 6.45) is -3.27. The molecular formula is C24H29BN3O7. The predicted octanol–water partition coefficient (Wildman–Crippen LogP) is 3.21. The van der Waals surface area contributed by atoms with Crippen molar-refractivity contribution in [2.24, 2.45) is 10.5 Å². The molecule has 3 heterocycles. The van der Waals surface area contributed by atoms with Crippen molar-refractivity contribution in [3.8, 4) is 0 Å². The summed E-state index contributed by atoms with van der Waals surface area (Å²) < 4.78 is 24.0. The van der Waals surface area contributed by atoms with Crippen LogP contribution in [0, 0.1) is 12.3 Å². The summed E-state index contributed by atoms with van der Waals surface area (Å²) in [4.78, 5) is 22.6. The molecule has 0 spiro atoms. The Balaban J connectivity index is 1.96. The van der Waals surface area contributed by atoms with E-state index in [-0.39, 0.29) is 5.69 Å². The molecule has 0 aliphatic carbocycles. The minimum atomic E-state index is -1.24. The van der Waals surface area contributed by atoms with Gasteiger partial charge in [-0.15, -0.1) is 0 Å². The molecule has 2 aromatic heterocycles. The first-order valence-electron chi connectivity index (χ1n) is 11.2. The molecule has 6 atom stereocenters.